The Balaban J connectivity index is 1.98. The SMILES string of the molecule is CCc1nnc(NC(=O)C(C)NC(=O)c2cccc([N+](=O)[O-])c2)s1. The fourth-order valence-electron chi connectivity index (χ4n) is 1.77. The number of rotatable bonds is 6. The van der Waals surface area contributed by atoms with Crippen molar-refractivity contribution in [2.75, 3.05) is 5.32 Å². The van der Waals surface area contributed by atoms with E-state index >= 15 is 0 Å². The smallest absolute Gasteiger partial charge is 0.270 e. The normalized spacial score (nSPS) is 11.6. The number of nitrogens with zero attached hydrogens (tertiary/aromatic N) is 3. The van der Waals surface area contributed by atoms with Crippen molar-refractivity contribution in [3.05, 3.63) is 45.0 Å². The zero-order valence-corrected chi connectivity index (χ0v) is 13.8. The Kier molecular flexibility index (Phi) is 5.53. The molecule has 0 saturated heterocycles. The number of hydrogen-bond acceptors (Lipinski definition) is 7. The third-order valence-corrected chi connectivity index (χ3v) is 4.04. The first-order chi connectivity index (χ1) is 11.4. The Hall–Kier alpha value is -2.88. The van der Waals surface area contributed by atoms with Crippen LogP contribution in [0.1, 0.15) is 29.2 Å². The lowest BCUT2D eigenvalue weighted by molar-refractivity contribution is -0.384. The van der Waals surface area contributed by atoms with Crippen molar-refractivity contribution < 1.29 is 14.5 Å². The molecule has 0 aliphatic carbocycles. The van der Waals surface area contributed by atoms with E-state index in [4.69, 9.17) is 0 Å². The number of amides is 2. The fraction of sp³-hybridized carbons (Fsp3) is 0.286. The second-order valence-electron chi connectivity index (χ2n) is 4.85. The van der Waals surface area contributed by atoms with Crippen LogP contribution in [0.4, 0.5) is 10.8 Å². The molecule has 0 fully saturated rings. The monoisotopic (exact) mass is 349 g/mol. The summed E-state index contributed by atoms with van der Waals surface area (Å²) in [6, 6.07) is 4.44. The number of carbonyl (C=O) groups is 2. The minimum absolute atomic E-state index is 0.105. The zero-order valence-electron chi connectivity index (χ0n) is 13.0. The maximum Gasteiger partial charge on any atom is 0.270 e. The van der Waals surface area contributed by atoms with Gasteiger partial charge >= 0.3 is 0 Å². The Morgan fingerprint density at radius 1 is 1.38 bits per heavy atom. The maximum atomic E-state index is 12.1. The molecule has 1 heterocycles. The number of nitro benzene ring substituents is 1. The topological polar surface area (TPSA) is 127 Å². The van der Waals surface area contributed by atoms with Crippen molar-refractivity contribution in [3.63, 3.8) is 0 Å². The molecule has 1 unspecified atom stereocenters. The largest absolute Gasteiger partial charge is 0.341 e. The average molecular weight is 349 g/mol. The molecule has 0 aliphatic rings. The zero-order chi connectivity index (χ0) is 17.7. The summed E-state index contributed by atoms with van der Waals surface area (Å²) < 4.78 is 0. The van der Waals surface area contributed by atoms with Gasteiger partial charge in [0.1, 0.15) is 11.0 Å². The molecule has 0 bridgehead atoms. The maximum absolute atomic E-state index is 12.1. The number of non-ortho nitro benzene ring substituents is 1. The van der Waals surface area contributed by atoms with Crippen molar-refractivity contribution >= 4 is 34.0 Å². The molecule has 1 aromatic carbocycles. The molecule has 0 aliphatic heterocycles. The second-order valence-corrected chi connectivity index (χ2v) is 5.91. The van der Waals surface area contributed by atoms with Crippen molar-refractivity contribution in [2.45, 2.75) is 26.3 Å². The van der Waals surface area contributed by atoms with Gasteiger partial charge in [-0.3, -0.25) is 25.0 Å². The summed E-state index contributed by atoms with van der Waals surface area (Å²) in [4.78, 5) is 34.3. The first kappa shape index (κ1) is 17.5. The first-order valence-electron chi connectivity index (χ1n) is 7.09. The van der Waals surface area contributed by atoms with E-state index in [0.29, 0.717) is 11.6 Å². The van der Waals surface area contributed by atoms with E-state index in [1.54, 1.807) is 0 Å². The lowest BCUT2D eigenvalue weighted by Gasteiger charge is -2.12. The molecule has 0 radical (unpaired) electrons. The number of aryl methyl sites for hydroxylation is 1. The standard InChI is InChI=1S/C14H15N5O4S/c1-3-11-17-18-14(24-11)16-12(20)8(2)15-13(21)9-5-4-6-10(7-9)19(22)23/h4-8H,3H2,1-2H3,(H,15,21)(H,16,18,20). The molecule has 2 amide bonds. The van der Waals surface area contributed by atoms with E-state index in [2.05, 4.69) is 20.8 Å². The van der Waals surface area contributed by atoms with Gasteiger partial charge in [0.05, 0.1) is 4.92 Å². The molecule has 24 heavy (non-hydrogen) atoms. The van der Waals surface area contributed by atoms with Crippen LogP contribution in [-0.4, -0.2) is 33.0 Å². The molecular formula is C14H15N5O4S. The Morgan fingerprint density at radius 3 is 2.75 bits per heavy atom. The van der Waals surface area contributed by atoms with Crippen LogP contribution in [-0.2, 0) is 11.2 Å². The summed E-state index contributed by atoms with van der Waals surface area (Å²) >= 11 is 1.26. The molecule has 9 nitrogen and oxygen atoms in total. The van der Waals surface area contributed by atoms with E-state index in [-0.39, 0.29) is 11.3 Å². The van der Waals surface area contributed by atoms with E-state index in [9.17, 15) is 19.7 Å². The van der Waals surface area contributed by atoms with Crippen LogP contribution in [0.15, 0.2) is 24.3 Å². The molecule has 2 N–H and O–H groups in total. The molecule has 126 valence electrons. The molecule has 0 saturated carbocycles. The average Bonchev–Trinajstić information content (AvgIpc) is 3.02. The number of nitro groups is 1. The van der Waals surface area contributed by atoms with Gasteiger partial charge < -0.3 is 5.32 Å². The highest BCUT2D eigenvalue weighted by Gasteiger charge is 2.19. The van der Waals surface area contributed by atoms with Crippen LogP contribution >= 0.6 is 11.3 Å². The number of benzene rings is 1. The van der Waals surface area contributed by atoms with Gasteiger partial charge in [-0.05, 0) is 19.4 Å². The van der Waals surface area contributed by atoms with E-state index in [1.807, 2.05) is 6.92 Å². The summed E-state index contributed by atoms with van der Waals surface area (Å²) in [6.07, 6.45) is 0.715. The van der Waals surface area contributed by atoms with E-state index < -0.39 is 22.8 Å². The van der Waals surface area contributed by atoms with Gasteiger partial charge in [0.15, 0.2) is 0 Å². The minimum atomic E-state index is -0.842. The van der Waals surface area contributed by atoms with Crippen molar-refractivity contribution in [1.82, 2.24) is 15.5 Å². The lowest BCUT2D eigenvalue weighted by atomic mass is 10.1. The number of aromatic nitrogens is 2. The van der Waals surface area contributed by atoms with Gasteiger partial charge in [-0.15, -0.1) is 10.2 Å². The third kappa shape index (κ3) is 4.32. The van der Waals surface area contributed by atoms with Crippen LogP contribution in [0.25, 0.3) is 0 Å². The van der Waals surface area contributed by atoms with Gasteiger partial charge in [0.25, 0.3) is 11.6 Å². The van der Waals surface area contributed by atoms with Gasteiger partial charge in [-0.2, -0.15) is 0 Å². The third-order valence-electron chi connectivity index (χ3n) is 3.06. The quantitative estimate of drug-likeness (QED) is 0.604. The Morgan fingerprint density at radius 2 is 2.12 bits per heavy atom. The lowest BCUT2D eigenvalue weighted by Crippen LogP contribution is -2.41. The molecule has 2 rings (SSSR count). The molecule has 10 heteroatoms. The highest BCUT2D eigenvalue weighted by atomic mass is 32.1. The number of carbonyl (C=O) groups excluding carboxylic acids is 2. The highest BCUT2D eigenvalue weighted by Crippen LogP contribution is 2.16. The number of hydrogen-bond donors (Lipinski definition) is 2. The predicted molar refractivity (Wildman–Crippen MR) is 87.9 cm³/mol. The van der Waals surface area contributed by atoms with E-state index in [1.165, 1.54) is 36.5 Å². The van der Waals surface area contributed by atoms with E-state index in [0.717, 1.165) is 11.1 Å². The first-order valence-corrected chi connectivity index (χ1v) is 7.91. The van der Waals surface area contributed by atoms with Crippen LogP contribution in [0.2, 0.25) is 0 Å². The summed E-state index contributed by atoms with van der Waals surface area (Å²) in [5.41, 5.74) is -0.0891. The number of anilines is 1. The van der Waals surface area contributed by atoms with Gasteiger partial charge in [-0.1, -0.05) is 24.3 Å². The van der Waals surface area contributed by atoms with Crippen LogP contribution in [0, 0.1) is 10.1 Å². The van der Waals surface area contributed by atoms with Gasteiger partial charge in [0, 0.05) is 17.7 Å². The molecule has 0 spiro atoms. The van der Waals surface area contributed by atoms with Crippen molar-refractivity contribution in [3.8, 4) is 0 Å². The summed E-state index contributed by atoms with van der Waals surface area (Å²) in [5, 5.41) is 24.6. The molecule has 1 aromatic heterocycles. The van der Waals surface area contributed by atoms with Crippen LogP contribution < -0.4 is 10.6 Å². The van der Waals surface area contributed by atoms with Crippen molar-refractivity contribution in [2.24, 2.45) is 0 Å². The summed E-state index contributed by atoms with van der Waals surface area (Å²) in [7, 11) is 0. The van der Waals surface area contributed by atoms with Crippen LogP contribution in [0.3, 0.4) is 0 Å². The predicted octanol–water partition coefficient (Wildman–Crippen LogP) is 1.77. The summed E-state index contributed by atoms with van der Waals surface area (Å²) in [6.45, 7) is 3.43. The summed E-state index contributed by atoms with van der Waals surface area (Å²) in [5.74, 6) is -1.03. The second kappa shape index (κ2) is 7.59. The van der Waals surface area contributed by atoms with Gasteiger partial charge in [-0.25, -0.2) is 0 Å². The molecular weight excluding hydrogens is 334 g/mol. The van der Waals surface area contributed by atoms with Crippen LogP contribution in [0.5, 0.6) is 0 Å². The molecule has 1 atom stereocenters. The van der Waals surface area contributed by atoms with Crippen molar-refractivity contribution in [1.29, 1.82) is 0 Å². The molecule has 2 aromatic rings. The number of nitrogens with one attached hydrogen (secondary N) is 2. The van der Waals surface area contributed by atoms with Gasteiger partial charge in [0.2, 0.25) is 11.0 Å². The minimum Gasteiger partial charge on any atom is -0.341 e. The highest BCUT2D eigenvalue weighted by molar-refractivity contribution is 7.15. The Labute approximate surface area is 141 Å². The fourth-order valence-corrected chi connectivity index (χ4v) is 2.45. The Bertz CT molecular complexity index is 776.